The Hall–Kier alpha value is -8.92. The van der Waals surface area contributed by atoms with Gasteiger partial charge < -0.3 is 13.7 Å². The maximum Gasteiger partial charge on any atom is 0.143 e. The van der Waals surface area contributed by atoms with Crippen LogP contribution in [0.25, 0.3) is 110 Å². The van der Waals surface area contributed by atoms with Crippen molar-refractivity contribution >= 4 is 71.7 Å². The smallest absolute Gasteiger partial charge is 0.143 e. The highest BCUT2D eigenvalue weighted by Crippen LogP contribution is 2.45. The first-order chi connectivity index (χ1) is 33.2. The van der Waals surface area contributed by atoms with E-state index in [2.05, 4.69) is 241 Å². The maximum atomic E-state index is 6.56. The number of fused-ring (bicyclic) bond motifs is 8. The molecule has 0 fully saturated rings. The normalized spacial score (nSPS) is 11.6. The van der Waals surface area contributed by atoms with Crippen molar-refractivity contribution < 1.29 is 8.83 Å². The molecule has 0 N–H and O–H groups in total. The minimum absolute atomic E-state index is 0.878. The van der Waals surface area contributed by atoms with Crippen LogP contribution in [-0.2, 0) is 0 Å². The minimum atomic E-state index is 0.878. The van der Waals surface area contributed by atoms with Crippen molar-refractivity contribution in [2.24, 2.45) is 0 Å². The Morgan fingerprint density at radius 1 is 0.269 bits per heavy atom. The van der Waals surface area contributed by atoms with Gasteiger partial charge in [0.05, 0.1) is 5.69 Å². The predicted octanol–water partition coefficient (Wildman–Crippen LogP) is 18.4. The zero-order chi connectivity index (χ0) is 44.3. The van der Waals surface area contributed by atoms with Gasteiger partial charge in [0.25, 0.3) is 0 Å². The van der Waals surface area contributed by atoms with Gasteiger partial charge in [-0.15, -0.1) is 0 Å². The molecule has 0 aliphatic rings. The second-order valence-corrected chi connectivity index (χ2v) is 17.2. The number of benzene rings is 11. The number of nitrogens with zero attached hydrogens (tertiary/aromatic N) is 1. The Balaban J connectivity index is 0.944. The summed E-state index contributed by atoms with van der Waals surface area (Å²) < 4.78 is 12.9. The lowest BCUT2D eigenvalue weighted by Crippen LogP contribution is -2.11. The molecule has 13 aromatic rings. The highest BCUT2D eigenvalue weighted by atomic mass is 16.3. The van der Waals surface area contributed by atoms with Gasteiger partial charge in [0.15, 0.2) is 0 Å². The Morgan fingerprint density at radius 3 is 1.64 bits per heavy atom. The topological polar surface area (TPSA) is 29.5 Å². The first-order valence-corrected chi connectivity index (χ1v) is 22.8. The number of para-hydroxylation sites is 2. The van der Waals surface area contributed by atoms with Gasteiger partial charge in [0.1, 0.15) is 22.3 Å². The molecule has 11 aromatic carbocycles. The Labute approximate surface area is 388 Å². The summed E-state index contributed by atoms with van der Waals surface area (Å²) in [5, 5.41) is 6.76. The Kier molecular flexibility index (Phi) is 9.17. The van der Waals surface area contributed by atoms with Crippen LogP contribution in [-0.4, -0.2) is 0 Å². The Morgan fingerprint density at radius 2 is 0.851 bits per heavy atom. The molecule has 67 heavy (non-hydrogen) atoms. The third kappa shape index (κ3) is 6.67. The highest BCUT2D eigenvalue weighted by Gasteiger charge is 2.20. The summed E-state index contributed by atoms with van der Waals surface area (Å²) in [4.78, 5) is 2.38. The largest absolute Gasteiger partial charge is 0.456 e. The SMILES string of the molecule is c1ccc(-c2ccc(-c3ccc(N(c4ccc(-c5cccc6oc7ccccc7c56)cc4)c4ccccc4-c4ccc5oc6c7ccccc7ccc6c5c4)cc3)cc2-c2ccccc2)cc1. The zero-order valence-electron chi connectivity index (χ0n) is 36.4. The third-order valence-corrected chi connectivity index (χ3v) is 13.3. The number of hydrogen-bond donors (Lipinski definition) is 0. The van der Waals surface area contributed by atoms with Gasteiger partial charge in [-0.2, -0.15) is 0 Å². The van der Waals surface area contributed by atoms with E-state index in [1.54, 1.807) is 0 Å². The van der Waals surface area contributed by atoms with Crippen LogP contribution in [0.1, 0.15) is 0 Å². The third-order valence-electron chi connectivity index (χ3n) is 13.3. The van der Waals surface area contributed by atoms with Crippen molar-refractivity contribution in [3.63, 3.8) is 0 Å². The number of hydrogen-bond acceptors (Lipinski definition) is 3. The molecule has 0 amide bonds. The van der Waals surface area contributed by atoms with Crippen molar-refractivity contribution in [3.05, 3.63) is 249 Å². The molecule has 2 aromatic heterocycles. The van der Waals surface area contributed by atoms with Crippen LogP contribution < -0.4 is 4.90 Å². The fourth-order valence-electron chi connectivity index (χ4n) is 10.1. The van der Waals surface area contributed by atoms with E-state index in [-0.39, 0.29) is 0 Å². The van der Waals surface area contributed by atoms with E-state index < -0.39 is 0 Å². The van der Waals surface area contributed by atoms with Crippen molar-refractivity contribution in [2.75, 3.05) is 4.90 Å². The first kappa shape index (κ1) is 38.5. The molecular weight excluding hydrogens is 815 g/mol. The van der Waals surface area contributed by atoms with Gasteiger partial charge in [-0.05, 0) is 122 Å². The van der Waals surface area contributed by atoms with Crippen LogP contribution in [0.15, 0.2) is 258 Å². The van der Waals surface area contributed by atoms with Crippen LogP contribution in [0.4, 0.5) is 17.1 Å². The van der Waals surface area contributed by atoms with Gasteiger partial charge in [0.2, 0.25) is 0 Å². The van der Waals surface area contributed by atoms with Crippen molar-refractivity contribution in [3.8, 4) is 55.6 Å². The number of anilines is 3. The summed E-state index contributed by atoms with van der Waals surface area (Å²) in [6, 6.07) is 89.0. The minimum Gasteiger partial charge on any atom is -0.456 e. The lowest BCUT2D eigenvalue weighted by atomic mass is 9.91. The first-order valence-electron chi connectivity index (χ1n) is 22.8. The summed E-state index contributed by atoms with van der Waals surface area (Å²) in [6.07, 6.45) is 0. The molecule has 13 rings (SSSR count). The van der Waals surface area contributed by atoms with Crippen molar-refractivity contribution in [1.29, 1.82) is 0 Å². The van der Waals surface area contributed by atoms with Crippen molar-refractivity contribution in [1.82, 2.24) is 0 Å². The molecular formula is C64H41NO2. The summed E-state index contributed by atoms with van der Waals surface area (Å²) in [6.45, 7) is 0. The van der Waals surface area contributed by atoms with Crippen LogP contribution in [0.3, 0.4) is 0 Å². The maximum absolute atomic E-state index is 6.56. The number of rotatable bonds is 8. The van der Waals surface area contributed by atoms with Crippen molar-refractivity contribution in [2.45, 2.75) is 0 Å². The van der Waals surface area contributed by atoms with E-state index in [0.29, 0.717) is 0 Å². The molecule has 3 heteroatoms. The summed E-state index contributed by atoms with van der Waals surface area (Å²) in [5.41, 5.74) is 18.4. The standard InChI is InChI=1S/C64H41NO2/c1-3-14-43(15-4-1)51-37-31-47(40-57(51)44-16-5-2-6-17-44)42-26-33-49(34-27-42)65(50-35-28-46(29-36-50)53-22-13-25-62-63(53)56-21-10-12-24-60(56)66-62)59-23-11-9-19-52(59)48-32-39-61-58(41-48)55-38-30-45-18-7-8-20-54(45)64(55)67-61/h1-41H. The molecule has 0 saturated carbocycles. The quantitative estimate of drug-likeness (QED) is 0.152. The monoisotopic (exact) mass is 855 g/mol. The molecule has 2 heterocycles. The predicted molar refractivity (Wildman–Crippen MR) is 280 cm³/mol. The average Bonchev–Trinajstić information content (AvgIpc) is 3.98. The summed E-state index contributed by atoms with van der Waals surface area (Å²) in [7, 11) is 0. The molecule has 314 valence electrons. The molecule has 0 saturated heterocycles. The molecule has 0 radical (unpaired) electrons. The van der Waals surface area contributed by atoms with Gasteiger partial charge in [0, 0.05) is 43.9 Å². The molecule has 0 spiro atoms. The molecule has 0 aliphatic carbocycles. The van der Waals surface area contributed by atoms with Crippen LogP contribution >= 0.6 is 0 Å². The molecule has 0 bridgehead atoms. The summed E-state index contributed by atoms with van der Waals surface area (Å²) >= 11 is 0. The van der Waals surface area contributed by atoms with Gasteiger partial charge in [-0.1, -0.05) is 182 Å². The molecule has 0 aliphatic heterocycles. The van der Waals surface area contributed by atoms with Gasteiger partial charge >= 0.3 is 0 Å². The second kappa shape index (κ2) is 16.0. The van der Waals surface area contributed by atoms with E-state index >= 15 is 0 Å². The van der Waals surface area contributed by atoms with Crippen LogP contribution in [0.5, 0.6) is 0 Å². The average molecular weight is 856 g/mol. The summed E-state index contributed by atoms with van der Waals surface area (Å²) in [5.74, 6) is 0. The zero-order valence-corrected chi connectivity index (χ0v) is 36.4. The fraction of sp³-hybridized carbons (Fsp3) is 0. The number of furan rings is 2. The molecule has 0 unspecified atom stereocenters. The second-order valence-electron chi connectivity index (χ2n) is 17.2. The van der Waals surface area contributed by atoms with E-state index in [9.17, 15) is 0 Å². The van der Waals surface area contributed by atoms with Crippen LogP contribution in [0, 0.1) is 0 Å². The lowest BCUT2D eigenvalue weighted by molar-refractivity contribution is 0.669. The molecule has 3 nitrogen and oxygen atoms in total. The fourth-order valence-corrected chi connectivity index (χ4v) is 10.1. The van der Waals surface area contributed by atoms with Gasteiger partial charge in [-0.3, -0.25) is 0 Å². The molecule has 0 atom stereocenters. The van der Waals surface area contributed by atoms with E-state index in [1.807, 2.05) is 12.1 Å². The lowest BCUT2D eigenvalue weighted by Gasteiger charge is -2.28. The van der Waals surface area contributed by atoms with Gasteiger partial charge in [-0.25, -0.2) is 0 Å². The Bertz CT molecular complexity index is 3960. The van der Waals surface area contributed by atoms with E-state index in [4.69, 9.17) is 8.83 Å². The highest BCUT2D eigenvalue weighted by molar-refractivity contribution is 6.16. The van der Waals surface area contributed by atoms with Crippen LogP contribution in [0.2, 0.25) is 0 Å². The van der Waals surface area contributed by atoms with E-state index in [0.717, 1.165) is 99.7 Å². The van der Waals surface area contributed by atoms with E-state index in [1.165, 1.54) is 27.6 Å².